The molecule has 1 aliphatic heterocycles. The van der Waals surface area contributed by atoms with Gasteiger partial charge in [0.05, 0.1) is 23.4 Å². The standard InChI is InChI=1S/C24H20ClFN4O2/c1-13(31)29-6-5-21-19(12-29)23(15-4-2-3-14(7-15)11-27)28-30(21)24-18-8-16(26)9-20(25)17(18)10-22(24)32/h2-4,7-9,22,24,32H,5-6,10,12H2,1H3/t22-,24-/m1/s1. The van der Waals surface area contributed by atoms with Crippen molar-refractivity contribution < 1.29 is 14.3 Å². The van der Waals surface area contributed by atoms with Crippen LogP contribution in [0.15, 0.2) is 36.4 Å². The predicted octanol–water partition coefficient (Wildman–Crippen LogP) is 3.63. The maximum Gasteiger partial charge on any atom is 0.219 e. The molecule has 0 spiro atoms. The van der Waals surface area contributed by atoms with Crippen molar-refractivity contribution in [3.05, 3.63) is 75.2 Å². The maximum absolute atomic E-state index is 14.2. The molecule has 0 unspecified atom stereocenters. The van der Waals surface area contributed by atoms with Gasteiger partial charge in [-0.15, -0.1) is 0 Å². The summed E-state index contributed by atoms with van der Waals surface area (Å²) in [5, 5.41) is 25.4. The first kappa shape index (κ1) is 20.7. The molecule has 1 N–H and O–H groups in total. The molecule has 2 aromatic carbocycles. The van der Waals surface area contributed by atoms with E-state index in [1.165, 1.54) is 19.1 Å². The molecule has 162 valence electrons. The number of fused-ring (bicyclic) bond motifs is 2. The molecular formula is C24H20ClFN4O2. The van der Waals surface area contributed by atoms with Crippen LogP contribution in [-0.2, 0) is 24.2 Å². The molecule has 2 aliphatic rings. The summed E-state index contributed by atoms with van der Waals surface area (Å²) in [7, 11) is 0. The Morgan fingerprint density at radius 2 is 2.12 bits per heavy atom. The molecule has 3 aromatic rings. The number of halogens is 2. The fourth-order valence-corrected chi connectivity index (χ4v) is 5.13. The van der Waals surface area contributed by atoms with E-state index < -0.39 is 18.0 Å². The molecule has 6 nitrogen and oxygen atoms in total. The maximum atomic E-state index is 14.2. The van der Waals surface area contributed by atoms with E-state index in [0.717, 1.165) is 22.4 Å². The highest BCUT2D eigenvalue weighted by molar-refractivity contribution is 6.31. The lowest BCUT2D eigenvalue weighted by Gasteiger charge is -2.28. The van der Waals surface area contributed by atoms with Gasteiger partial charge in [0.1, 0.15) is 11.9 Å². The Bertz CT molecular complexity index is 1300. The normalized spacial score (nSPS) is 19.4. The molecule has 2 atom stereocenters. The SMILES string of the molecule is CC(=O)N1CCc2c(c(-c3cccc(C#N)c3)nn2[C@@H]2c3cc(F)cc(Cl)c3C[C@H]2O)C1. The molecule has 1 aromatic heterocycles. The Kier molecular flexibility index (Phi) is 5.00. The highest BCUT2D eigenvalue weighted by Gasteiger charge is 2.38. The van der Waals surface area contributed by atoms with Crippen molar-refractivity contribution in [3.8, 4) is 17.3 Å². The molecule has 0 fully saturated rings. The van der Waals surface area contributed by atoms with Gasteiger partial charge in [-0.2, -0.15) is 10.4 Å². The minimum absolute atomic E-state index is 0.0276. The molecule has 1 aliphatic carbocycles. The number of hydrogen-bond acceptors (Lipinski definition) is 4. The minimum Gasteiger partial charge on any atom is -0.390 e. The number of amides is 1. The predicted molar refractivity (Wildman–Crippen MR) is 116 cm³/mol. The topological polar surface area (TPSA) is 82.2 Å². The van der Waals surface area contributed by atoms with Crippen LogP contribution in [0.2, 0.25) is 5.02 Å². The highest BCUT2D eigenvalue weighted by atomic mass is 35.5. The van der Waals surface area contributed by atoms with Crippen LogP contribution in [0.3, 0.4) is 0 Å². The van der Waals surface area contributed by atoms with Crippen molar-refractivity contribution in [3.63, 3.8) is 0 Å². The molecule has 1 amide bonds. The summed E-state index contributed by atoms with van der Waals surface area (Å²) >= 11 is 6.27. The molecule has 0 saturated heterocycles. The number of rotatable bonds is 2. The van der Waals surface area contributed by atoms with E-state index >= 15 is 0 Å². The molecular weight excluding hydrogens is 431 g/mol. The third-order valence-electron chi connectivity index (χ3n) is 6.35. The van der Waals surface area contributed by atoms with Crippen LogP contribution in [-0.4, -0.2) is 38.3 Å². The molecule has 5 rings (SSSR count). The average Bonchev–Trinajstić information content (AvgIpc) is 3.30. The van der Waals surface area contributed by atoms with Crippen LogP contribution in [0.1, 0.15) is 40.9 Å². The van der Waals surface area contributed by atoms with Gasteiger partial charge < -0.3 is 10.0 Å². The van der Waals surface area contributed by atoms with Gasteiger partial charge in [-0.25, -0.2) is 4.39 Å². The number of hydrogen-bond donors (Lipinski definition) is 1. The van der Waals surface area contributed by atoms with Gasteiger partial charge in [0.25, 0.3) is 0 Å². The first-order valence-corrected chi connectivity index (χ1v) is 10.8. The second-order valence-electron chi connectivity index (χ2n) is 8.27. The Balaban J connectivity index is 1.70. The van der Waals surface area contributed by atoms with Crippen LogP contribution in [0.4, 0.5) is 4.39 Å². The van der Waals surface area contributed by atoms with Crippen LogP contribution in [0, 0.1) is 17.1 Å². The molecule has 0 radical (unpaired) electrons. The van der Waals surface area contributed by atoms with Crippen molar-refractivity contribution >= 4 is 17.5 Å². The Labute approximate surface area is 189 Å². The Hall–Kier alpha value is -3.21. The second-order valence-corrected chi connectivity index (χ2v) is 8.68. The van der Waals surface area contributed by atoms with E-state index in [-0.39, 0.29) is 5.91 Å². The zero-order valence-electron chi connectivity index (χ0n) is 17.3. The van der Waals surface area contributed by atoms with Crippen LogP contribution < -0.4 is 0 Å². The Morgan fingerprint density at radius 3 is 2.88 bits per heavy atom. The van der Waals surface area contributed by atoms with Gasteiger partial charge >= 0.3 is 0 Å². The number of nitriles is 1. The van der Waals surface area contributed by atoms with Gasteiger partial charge in [-0.3, -0.25) is 9.48 Å². The van der Waals surface area contributed by atoms with Crippen molar-refractivity contribution in [2.24, 2.45) is 0 Å². The van der Waals surface area contributed by atoms with Gasteiger partial charge in [-0.05, 0) is 35.4 Å². The Morgan fingerprint density at radius 1 is 1.31 bits per heavy atom. The third-order valence-corrected chi connectivity index (χ3v) is 6.69. The third kappa shape index (κ3) is 3.27. The van der Waals surface area contributed by atoms with E-state index in [1.807, 2.05) is 6.07 Å². The molecule has 0 saturated carbocycles. The fourth-order valence-electron chi connectivity index (χ4n) is 4.84. The van der Waals surface area contributed by atoms with Gasteiger partial charge in [-0.1, -0.05) is 23.7 Å². The van der Waals surface area contributed by atoms with Crippen LogP contribution in [0.5, 0.6) is 0 Å². The van der Waals surface area contributed by atoms with Crippen molar-refractivity contribution in [1.82, 2.24) is 14.7 Å². The van der Waals surface area contributed by atoms with Crippen LogP contribution >= 0.6 is 11.6 Å². The summed E-state index contributed by atoms with van der Waals surface area (Å²) in [6.07, 6.45) is 0.0611. The van der Waals surface area contributed by atoms with Crippen molar-refractivity contribution in [2.45, 2.75) is 38.5 Å². The fraction of sp³-hybridized carbons (Fsp3) is 0.292. The van der Waals surface area contributed by atoms with E-state index in [2.05, 4.69) is 6.07 Å². The summed E-state index contributed by atoms with van der Waals surface area (Å²) in [6, 6.07) is 11.4. The van der Waals surface area contributed by atoms with Crippen LogP contribution in [0.25, 0.3) is 11.3 Å². The van der Waals surface area contributed by atoms with E-state index in [0.29, 0.717) is 47.8 Å². The number of carbonyl (C=O) groups excluding carboxylic acids is 1. The number of carbonyl (C=O) groups is 1. The molecule has 32 heavy (non-hydrogen) atoms. The molecule has 2 heterocycles. The first-order chi connectivity index (χ1) is 15.4. The van der Waals surface area contributed by atoms with Gasteiger partial charge in [0.2, 0.25) is 5.91 Å². The van der Waals surface area contributed by atoms with Gasteiger partial charge in [0.15, 0.2) is 0 Å². The minimum atomic E-state index is -0.808. The van der Waals surface area contributed by atoms with Crippen molar-refractivity contribution in [2.75, 3.05) is 6.54 Å². The summed E-state index contributed by atoms with van der Waals surface area (Å²) in [6.45, 7) is 2.45. The highest BCUT2D eigenvalue weighted by Crippen LogP contribution is 2.42. The summed E-state index contributed by atoms with van der Waals surface area (Å²) < 4.78 is 16.0. The largest absolute Gasteiger partial charge is 0.390 e. The smallest absolute Gasteiger partial charge is 0.219 e. The van der Waals surface area contributed by atoms with E-state index in [9.17, 15) is 19.6 Å². The van der Waals surface area contributed by atoms with E-state index in [1.54, 1.807) is 27.8 Å². The van der Waals surface area contributed by atoms with Crippen molar-refractivity contribution in [1.29, 1.82) is 5.26 Å². The summed E-state index contributed by atoms with van der Waals surface area (Å²) in [5.74, 6) is -0.487. The number of aromatic nitrogens is 2. The number of nitrogens with zero attached hydrogens (tertiary/aromatic N) is 4. The lowest BCUT2D eigenvalue weighted by atomic mass is 9.99. The number of aliphatic hydroxyl groups is 1. The lowest BCUT2D eigenvalue weighted by molar-refractivity contribution is -0.129. The number of benzene rings is 2. The van der Waals surface area contributed by atoms with Gasteiger partial charge in [0, 0.05) is 54.7 Å². The lowest BCUT2D eigenvalue weighted by Crippen LogP contribution is -2.35. The zero-order chi connectivity index (χ0) is 22.6. The second kappa shape index (κ2) is 7.73. The first-order valence-electron chi connectivity index (χ1n) is 10.4. The summed E-state index contributed by atoms with van der Waals surface area (Å²) in [4.78, 5) is 13.8. The average molecular weight is 451 g/mol. The molecule has 0 bridgehead atoms. The zero-order valence-corrected chi connectivity index (χ0v) is 18.1. The number of aliphatic hydroxyl groups excluding tert-OH is 1. The monoisotopic (exact) mass is 450 g/mol. The molecule has 8 heteroatoms. The van der Waals surface area contributed by atoms with E-state index in [4.69, 9.17) is 16.7 Å². The summed E-state index contributed by atoms with van der Waals surface area (Å²) in [5.41, 5.74) is 5.05. The quantitative estimate of drug-likeness (QED) is 0.646.